The molecule has 1 rings (SSSR count). The molecule has 150 valence electrons. The molecule has 0 unspecified atom stereocenters. The molecule has 0 bridgehead atoms. The van der Waals surface area contributed by atoms with Crippen LogP contribution in [0, 0.1) is 5.92 Å². The Labute approximate surface area is 157 Å². The van der Waals surface area contributed by atoms with E-state index in [2.05, 4.69) is 17.5 Å². The Morgan fingerprint density at radius 3 is 1.84 bits per heavy atom. The van der Waals surface area contributed by atoms with E-state index in [1.807, 2.05) is 6.92 Å². The van der Waals surface area contributed by atoms with E-state index in [9.17, 15) is 13.2 Å². The zero-order chi connectivity index (χ0) is 18.8. The molecule has 1 N–H and O–H groups in total. The zero-order valence-corrected chi connectivity index (χ0v) is 18.1. The summed E-state index contributed by atoms with van der Waals surface area (Å²) in [4.78, 5) is 12.9. The highest BCUT2D eigenvalue weighted by Gasteiger charge is 2.39. The summed E-state index contributed by atoms with van der Waals surface area (Å²) < 4.78 is 29.7. The van der Waals surface area contributed by atoms with Crippen LogP contribution in [0.2, 0.25) is 0 Å². The third-order valence-electron chi connectivity index (χ3n) is 5.00. The van der Waals surface area contributed by atoms with Crippen LogP contribution in [0.3, 0.4) is 0 Å². The van der Waals surface area contributed by atoms with Gasteiger partial charge in [0.25, 0.3) is 0 Å². The van der Waals surface area contributed by atoms with Crippen LogP contribution in [0.1, 0.15) is 85.0 Å². The second-order valence-electron chi connectivity index (χ2n) is 7.42. The molecule has 1 fully saturated rings. The van der Waals surface area contributed by atoms with Gasteiger partial charge in [0.15, 0.2) is 5.78 Å². The minimum absolute atomic E-state index is 0.133. The molecule has 0 aromatic rings. The van der Waals surface area contributed by atoms with E-state index in [1.165, 1.54) is 0 Å². The van der Waals surface area contributed by atoms with Crippen LogP contribution < -0.4 is 0 Å². The maximum atomic E-state index is 12.9. The van der Waals surface area contributed by atoms with Gasteiger partial charge in [-0.05, 0) is 42.4 Å². The van der Waals surface area contributed by atoms with Gasteiger partial charge in [-0.2, -0.15) is 8.42 Å². The molecule has 0 radical (unpaired) electrons. The van der Waals surface area contributed by atoms with Crippen molar-refractivity contribution < 1.29 is 16.8 Å². The van der Waals surface area contributed by atoms with Crippen molar-refractivity contribution in [2.75, 3.05) is 23.0 Å². The van der Waals surface area contributed by atoms with Crippen molar-refractivity contribution >= 4 is 26.2 Å². The summed E-state index contributed by atoms with van der Waals surface area (Å²) in [5.74, 6) is 2.58. The number of Topliss-reactive ketones (excluding diaryl/α,β-unsaturated/α-hetero) is 1. The Balaban J connectivity index is 2.95. The predicted molar refractivity (Wildman–Crippen MR) is 110 cm³/mol. The Bertz CT molecular complexity index is 474. The van der Waals surface area contributed by atoms with Crippen molar-refractivity contribution in [3.8, 4) is 0 Å². The van der Waals surface area contributed by atoms with Gasteiger partial charge in [0, 0.05) is 17.4 Å². The van der Waals surface area contributed by atoms with Crippen LogP contribution in [0.4, 0.5) is 0 Å². The second-order valence-corrected chi connectivity index (χ2v) is 12.7. The Kier molecular flexibility index (Phi) is 10.7. The summed E-state index contributed by atoms with van der Waals surface area (Å²) in [6.45, 7) is 6.23. The van der Waals surface area contributed by atoms with Crippen LogP contribution in [-0.4, -0.2) is 40.8 Å². The summed E-state index contributed by atoms with van der Waals surface area (Å²) in [6.07, 6.45) is 9.70. The molecule has 4 nitrogen and oxygen atoms in total. The number of hydrogen-bond donors (Lipinski definition) is 0. The quantitative estimate of drug-likeness (QED) is 0.296. The zero-order valence-electron chi connectivity index (χ0n) is 16.5. The highest BCUT2D eigenvalue weighted by atomic mass is 32.3. The van der Waals surface area contributed by atoms with Crippen molar-refractivity contribution in [3.05, 3.63) is 0 Å². The lowest BCUT2D eigenvalue weighted by Crippen LogP contribution is -2.31. The molecule has 0 aliphatic heterocycles. The molecule has 0 atom stereocenters. The second kappa shape index (κ2) is 11.6. The van der Waals surface area contributed by atoms with Crippen LogP contribution in [0.25, 0.3) is 0 Å². The van der Waals surface area contributed by atoms with Crippen molar-refractivity contribution in [1.29, 1.82) is 0 Å². The minimum Gasteiger partial charge on any atom is -0.298 e. The van der Waals surface area contributed by atoms with Crippen LogP contribution in [0.15, 0.2) is 0 Å². The Morgan fingerprint density at radius 1 is 0.880 bits per heavy atom. The standard InChI is InChI=1S/C19H38O4S2/c1-4-7-14-24(15-8-5-2,23-25(21,22)16-9-6-3)17-19(20)18-12-10-11-13-18/h18H,4-17H2,1-3H3/p+1. The van der Waals surface area contributed by atoms with Crippen molar-refractivity contribution in [1.82, 2.24) is 0 Å². The highest BCUT2D eigenvalue weighted by molar-refractivity contribution is 8.32. The van der Waals surface area contributed by atoms with E-state index in [4.69, 9.17) is 0 Å². The molecular formula is C19H39O4S2+. The van der Waals surface area contributed by atoms with Gasteiger partial charge in [-0.25, -0.2) is 0 Å². The van der Waals surface area contributed by atoms with Gasteiger partial charge in [0.1, 0.15) is 5.75 Å². The van der Waals surface area contributed by atoms with Gasteiger partial charge in [-0.15, -0.1) is 0 Å². The number of ketones is 1. The van der Waals surface area contributed by atoms with Crippen LogP contribution in [0.5, 0.6) is 0 Å². The Morgan fingerprint density at radius 2 is 1.36 bits per heavy atom. The summed E-state index contributed by atoms with van der Waals surface area (Å²) in [5.41, 5.74) is 0. The number of rotatable bonds is 14. The fourth-order valence-electron chi connectivity index (χ4n) is 3.41. The third-order valence-corrected chi connectivity index (χ3v) is 10.9. The molecule has 0 saturated heterocycles. The first-order valence-electron chi connectivity index (χ1n) is 10.1. The topological polar surface area (TPSA) is 64.0 Å². The summed E-state index contributed by atoms with van der Waals surface area (Å²) in [5, 5.41) is 0. The van der Waals surface area contributed by atoms with Gasteiger partial charge >= 0.3 is 10.1 Å². The van der Waals surface area contributed by atoms with Crippen LogP contribution in [-0.2, 0) is 14.9 Å². The first-order valence-corrected chi connectivity index (χ1v) is 13.8. The smallest absolute Gasteiger partial charge is 0.298 e. The SMILES string of the molecule is CCCCS(CCCC)(CC(=O)C1CCCC1)[OH+]S(=O)(=O)CCCC. The first-order chi connectivity index (χ1) is 11.9. The molecule has 0 aromatic heterocycles. The summed E-state index contributed by atoms with van der Waals surface area (Å²) >= 11 is 0. The Hall–Kier alpha value is -0.0700. The fourth-order valence-corrected chi connectivity index (χ4v) is 10.0. The van der Waals surface area contributed by atoms with E-state index < -0.39 is 20.4 Å². The van der Waals surface area contributed by atoms with Crippen LogP contribution >= 0.6 is 10.3 Å². The van der Waals surface area contributed by atoms with Crippen molar-refractivity contribution in [2.24, 2.45) is 5.92 Å². The molecule has 1 saturated carbocycles. The first kappa shape index (κ1) is 23.0. The lowest BCUT2D eigenvalue weighted by molar-refractivity contribution is -0.120. The van der Waals surface area contributed by atoms with E-state index >= 15 is 0 Å². The normalized spacial score (nSPS) is 17.1. The lowest BCUT2D eigenvalue weighted by Gasteiger charge is -2.34. The maximum Gasteiger partial charge on any atom is 0.390 e. The molecule has 0 heterocycles. The van der Waals surface area contributed by atoms with Gasteiger partial charge in [-0.1, -0.05) is 52.9 Å². The molecular weight excluding hydrogens is 356 g/mol. The largest absolute Gasteiger partial charge is 0.390 e. The van der Waals surface area contributed by atoms with Gasteiger partial charge < -0.3 is 0 Å². The monoisotopic (exact) mass is 395 g/mol. The van der Waals surface area contributed by atoms with E-state index in [0.29, 0.717) is 12.2 Å². The number of carbonyl (C=O) groups excluding carboxylic acids is 1. The molecule has 25 heavy (non-hydrogen) atoms. The van der Waals surface area contributed by atoms with E-state index in [-0.39, 0.29) is 17.5 Å². The molecule has 0 spiro atoms. The summed E-state index contributed by atoms with van der Waals surface area (Å²) in [6, 6.07) is 0. The van der Waals surface area contributed by atoms with Crippen molar-refractivity contribution in [2.45, 2.75) is 85.0 Å². The van der Waals surface area contributed by atoms with E-state index in [1.54, 1.807) is 0 Å². The minimum atomic E-state index is -3.42. The fraction of sp³-hybridized carbons (Fsp3) is 0.947. The molecule has 6 heteroatoms. The number of hydrogen-bond acceptors (Lipinski definition) is 3. The number of unbranched alkanes of at least 4 members (excludes halogenated alkanes) is 3. The van der Waals surface area contributed by atoms with E-state index in [0.717, 1.165) is 69.3 Å². The third kappa shape index (κ3) is 8.44. The summed E-state index contributed by atoms with van der Waals surface area (Å²) in [7, 11) is -5.18. The molecule has 1 aliphatic carbocycles. The van der Waals surface area contributed by atoms with Gasteiger partial charge in [0.05, 0.1) is 5.75 Å². The highest BCUT2D eigenvalue weighted by Crippen LogP contribution is 2.51. The lowest BCUT2D eigenvalue weighted by atomic mass is 10.0. The average Bonchev–Trinajstić information content (AvgIpc) is 3.11. The average molecular weight is 396 g/mol. The van der Waals surface area contributed by atoms with Gasteiger partial charge in [0.2, 0.25) is 0 Å². The molecule has 0 aromatic carbocycles. The predicted octanol–water partition coefficient (Wildman–Crippen LogP) is 5.29. The maximum absolute atomic E-state index is 12.9. The van der Waals surface area contributed by atoms with Crippen molar-refractivity contribution in [3.63, 3.8) is 0 Å². The molecule has 1 aliphatic rings. The van der Waals surface area contributed by atoms with Gasteiger partial charge in [-0.3, -0.25) is 8.42 Å². The molecule has 0 amide bonds. The number of carbonyl (C=O) groups is 1.